The third-order valence-electron chi connectivity index (χ3n) is 2.93. The molecule has 1 amide bonds. The molecule has 0 atom stereocenters. The first-order valence-corrected chi connectivity index (χ1v) is 6.51. The molecule has 0 saturated heterocycles. The minimum Gasteiger partial charge on any atom is -0.445 e. The first kappa shape index (κ1) is 16.0. The molecule has 118 valence electrons. The summed E-state index contributed by atoms with van der Waals surface area (Å²) in [5, 5.41) is 2.58. The van der Waals surface area contributed by atoms with Crippen LogP contribution in [0.15, 0.2) is 22.7 Å². The van der Waals surface area contributed by atoms with E-state index in [2.05, 4.69) is 15.3 Å². The second-order valence-corrected chi connectivity index (χ2v) is 4.68. The van der Waals surface area contributed by atoms with E-state index in [1.54, 1.807) is 13.8 Å². The van der Waals surface area contributed by atoms with E-state index >= 15 is 0 Å². The number of carbonyl (C=O) groups excluding carboxylic acids is 1. The number of nitrogens with zero attached hydrogens (tertiary/aromatic N) is 2. The molecule has 0 aliphatic carbocycles. The zero-order valence-electron chi connectivity index (χ0n) is 12.0. The Balaban J connectivity index is 1.94. The van der Waals surface area contributed by atoms with Gasteiger partial charge in [-0.05, 0) is 19.1 Å². The van der Waals surface area contributed by atoms with Crippen LogP contribution in [-0.4, -0.2) is 22.4 Å². The SMILES string of the molecule is Cc1nc(C(=O)NCCc2cc(C(F)(F)F)ccn2)c(C)o1. The van der Waals surface area contributed by atoms with Gasteiger partial charge in [-0.15, -0.1) is 0 Å². The van der Waals surface area contributed by atoms with Crippen molar-refractivity contribution in [1.82, 2.24) is 15.3 Å². The van der Waals surface area contributed by atoms with E-state index < -0.39 is 17.6 Å². The highest BCUT2D eigenvalue weighted by Gasteiger charge is 2.30. The molecule has 0 bridgehead atoms. The number of aryl methyl sites for hydroxylation is 2. The molecule has 2 heterocycles. The van der Waals surface area contributed by atoms with Crippen LogP contribution in [0.4, 0.5) is 13.2 Å². The standard InChI is InChI=1S/C14H14F3N3O2/c1-8-12(20-9(2)22-8)13(21)19-6-4-11-7-10(3-5-18-11)14(15,16)17/h3,5,7H,4,6H2,1-2H3,(H,19,21). The maximum Gasteiger partial charge on any atom is 0.416 e. The number of hydrogen-bond donors (Lipinski definition) is 1. The minimum absolute atomic E-state index is 0.151. The number of carbonyl (C=O) groups is 1. The zero-order valence-corrected chi connectivity index (χ0v) is 12.0. The van der Waals surface area contributed by atoms with Crippen LogP contribution in [-0.2, 0) is 12.6 Å². The van der Waals surface area contributed by atoms with Crippen molar-refractivity contribution < 1.29 is 22.4 Å². The van der Waals surface area contributed by atoms with Gasteiger partial charge in [-0.25, -0.2) is 4.98 Å². The fourth-order valence-electron chi connectivity index (χ4n) is 1.92. The van der Waals surface area contributed by atoms with Crippen LogP contribution in [0.1, 0.15) is 33.4 Å². The summed E-state index contributed by atoms with van der Waals surface area (Å²) < 4.78 is 42.9. The first-order chi connectivity index (χ1) is 10.3. The largest absolute Gasteiger partial charge is 0.445 e. The van der Waals surface area contributed by atoms with Gasteiger partial charge in [0, 0.05) is 31.8 Å². The molecular weight excluding hydrogens is 299 g/mol. The number of halogens is 3. The van der Waals surface area contributed by atoms with Crippen LogP contribution in [0.2, 0.25) is 0 Å². The van der Waals surface area contributed by atoms with Crippen molar-refractivity contribution in [2.75, 3.05) is 6.54 Å². The molecule has 2 rings (SSSR count). The number of amides is 1. The number of pyridine rings is 1. The average Bonchev–Trinajstić information content (AvgIpc) is 2.77. The predicted molar refractivity (Wildman–Crippen MR) is 71.3 cm³/mol. The highest BCUT2D eigenvalue weighted by molar-refractivity contribution is 5.93. The molecule has 0 aliphatic rings. The summed E-state index contributed by atoms with van der Waals surface area (Å²) in [5.74, 6) is 0.343. The van der Waals surface area contributed by atoms with Crippen LogP contribution in [0.3, 0.4) is 0 Å². The quantitative estimate of drug-likeness (QED) is 0.942. The Labute approximate surface area is 124 Å². The number of alkyl halides is 3. The lowest BCUT2D eigenvalue weighted by atomic mass is 10.2. The Bertz CT molecular complexity index is 680. The second kappa shape index (κ2) is 6.17. The zero-order chi connectivity index (χ0) is 16.3. The van der Waals surface area contributed by atoms with Crippen molar-refractivity contribution >= 4 is 5.91 Å². The summed E-state index contributed by atoms with van der Waals surface area (Å²) in [6.07, 6.45) is -3.12. The fraction of sp³-hybridized carbons (Fsp3) is 0.357. The molecule has 1 N–H and O–H groups in total. The second-order valence-electron chi connectivity index (χ2n) is 4.68. The van der Waals surface area contributed by atoms with Gasteiger partial charge in [0.15, 0.2) is 11.6 Å². The lowest BCUT2D eigenvalue weighted by molar-refractivity contribution is -0.137. The van der Waals surface area contributed by atoms with Crippen molar-refractivity contribution in [3.8, 4) is 0 Å². The van der Waals surface area contributed by atoms with Crippen LogP contribution >= 0.6 is 0 Å². The Morgan fingerprint density at radius 3 is 2.68 bits per heavy atom. The minimum atomic E-state index is -4.41. The fourth-order valence-corrected chi connectivity index (χ4v) is 1.92. The van der Waals surface area contributed by atoms with E-state index in [4.69, 9.17) is 4.42 Å². The maximum atomic E-state index is 12.6. The summed E-state index contributed by atoms with van der Waals surface area (Å²) >= 11 is 0. The smallest absolute Gasteiger partial charge is 0.416 e. The number of nitrogens with one attached hydrogen (secondary N) is 1. The molecule has 0 unspecified atom stereocenters. The van der Waals surface area contributed by atoms with E-state index in [1.165, 1.54) is 0 Å². The summed E-state index contributed by atoms with van der Waals surface area (Å²) in [7, 11) is 0. The summed E-state index contributed by atoms with van der Waals surface area (Å²) in [5.41, 5.74) is -0.329. The third kappa shape index (κ3) is 3.84. The molecule has 22 heavy (non-hydrogen) atoms. The van der Waals surface area contributed by atoms with Gasteiger partial charge in [0.25, 0.3) is 5.91 Å². The van der Waals surface area contributed by atoms with Gasteiger partial charge in [0.2, 0.25) is 0 Å². The molecule has 0 aromatic carbocycles. The van der Waals surface area contributed by atoms with Crippen LogP contribution in [0.5, 0.6) is 0 Å². The van der Waals surface area contributed by atoms with E-state index in [1.807, 2.05) is 0 Å². The molecule has 2 aromatic rings. The van der Waals surface area contributed by atoms with Gasteiger partial charge < -0.3 is 9.73 Å². The van der Waals surface area contributed by atoms with E-state index in [9.17, 15) is 18.0 Å². The van der Waals surface area contributed by atoms with Crippen LogP contribution < -0.4 is 5.32 Å². The Hall–Kier alpha value is -2.38. The van der Waals surface area contributed by atoms with Gasteiger partial charge in [-0.3, -0.25) is 9.78 Å². The molecule has 5 nitrogen and oxygen atoms in total. The van der Waals surface area contributed by atoms with Crippen LogP contribution in [0, 0.1) is 13.8 Å². The molecule has 8 heteroatoms. The van der Waals surface area contributed by atoms with E-state index in [-0.39, 0.29) is 24.4 Å². The highest BCUT2D eigenvalue weighted by Crippen LogP contribution is 2.28. The summed E-state index contributed by atoms with van der Waals surface area (Å²) in [6, 6.07) is 1.88. The van der Waals surface area contributed by atoms with Gasteiger partial charge >= 0.3 is 6.18 Å². The number of aromatic nitrogens is 2. The maximum absolute atomic E-state index is 12.6. The number of rotatable bonds is 4. The molecule has 0 aliphatic heterocycles. The Morgan fingerprint density at radius 2 is 2.09 bits per heavy atom. The van der Waals surface area contributed by atoms with Crippen molar-refractivity contribution in [2.45, 2.75) is 26.4 Å². The predicted octanol–water partition coefficient (Wildman–Crippen LogP) is 2.68. The van der Waals surface area contributed by atoms with Gasteiger partial charge in [0.05, 0.1) is 5.56 Å². The average molecular weight is 313 g/mol. The monoisotopic (exact) mass is 313 g/mol. The van der Waals surface area contributed by atoms with E-state index in [0.29, 0.717) is 11.7 Å². The van der Waals surface area contributed by atoms with Crippen molar-refractivity contribution in [3.63, 3.8) is 0 Å². The van der Waals surface area contributed by atoms with Crippen LogP contribution in [0.25, 0.3) is 0 Å². The van der Waals surface area contributed by atoms with Crippen molar-refractivity contribution in [2.24, 2.45) is 0 Å². The Morgan fingerprint density at radius 1 is 1.36 bits per heavy atom. The van der Waals surface area contributed by atoms with E-state index in [0.717, 1.165) is 18.3 Å². The molecule has 0 radical (unpaired) electrons. The molecule has 0 spiro atoms. The normalized spacial score (nSPS) is 11.5. The number of oxazole rings is 1. The lowest BCUT2D eigenvalue weighted by Gasteiger charge is -2.08. The third-order valence-corrected chi connectivity index (χ3v) is 2.93. The first-order valence-electron chi connectivity index (χ1n) is 6.51. The molecular formula is C14H14F3N3O2. The highest BCUT2D eigenvalue weighted by atomic mass is 19.4. The summed E-state index contributed by atoms with van der Waals surface area (Å²) in [4.78, 5) is 19.7. The summed E-state index contributed by atoms with van der Waals surface area (Å²) in [6.45, 7) is 3.39. The lowest BCUT2D eigenvalue weighted by Crippen LogP contribution is -2.26. The van der Waals surface area contributed by atoms with Crippen molar-refractivity contribution in [1.29, 1.82) is 0 Å². The van der Waals surface area contributed by atoms with Gasteiger partial charge in [0.1, 0.15) is 5.76 Å². The number of hydrogen-bond acceptors (Lipinski definition) is 4. The Kier molecular flexibility index (Phi) is 4.48. The molecule has 2 aromatic heterocycles. The van der Waals surface area contributed by atoms with Crippen molar-refractivity contribution in [3.05, 3.63) is 46.9 Å². The molecule has 0 saturated carbocycles. The molecule has 0 fully saturated rings. The topological polar surface area (TPSA) is 68.0 Å². The van der Waals surface area contributed by atoms with Gasteiger partial charge in [-0.1, -0.05) is 0 Å². The van der Waals surface area contributed by atoms with Gasteiger partial charge in [-0.2, -0.15) is 13.2 Å².